The number of nitrogens with zero attached hydrogens (tertiary/aromatic N) is 1. The number of aliphatic imine (C=N–C) groups is 1. The molecule has 0 heterocycles. The number of guanidine groups is 1. The number of hydrogen-bond donors (Lipinski definition) is 2. The van der Waals surface area contributed by atoms with E-state index in [2.05, 4.69) is 38.4 Å². The standard InChI is InChI=1S/C16H17BrFN3/c17-15-7-6-14(18)10-13(15)11-21-16(19)20-9-8-12-4-2-1-3-5-12/h1-7,10H,8-9,11H2,(H3,19,20,21). The van der Waals surface area contributed by atoms with Gasteiger partial charge >= 0.3 is 0 Å². The Labute approximate surface area is 132 Å². The molecule has 0 bridgehead atoms. The van der Waals surface area contributed by atoms with E-state index in [1.165, 1.54) is 17.7 Å². The van der Waals surface area contributed by atoms with E-state index < -0.39 is 0 Å². The maximum absolute atomic E-state index is 13.1. The fourth-order valence-electron chi connectivity index (χ4n) is 1.87. The quantitative estimate of drug-likeness (QED) is 0.643. The number of benzene rings is 2. The van der Waals surface area contributed by atoms with Crippen molar-refractivity contribution in [1.29, 1.82) is 0 Å². The predicted molar refractivity (Wildman–Crippen MR) is 87.6 cm³/mol. The van der Waals surface area contributed by atoms with E-state index in [0.717, 1.165) is 16.5 Å². The molecule has 0 amide bonds. The van der Waals surface area contributed by atoms with Gasteiger partial charge < -0.3 is 11.1 Å². The van der Waals surface area contributed by atoms with Gasteiger partial charge in [-0.05, 0) is 35.7 Å². The molecule has 3 nitrogen and oxygen atoms in total. The smallest absolute Gasteiger partial charge is 0.188 e. The molecule has 2 aromatic rings. The average molecular weight is 350 g/mol. The van der Waals surface area contributed by atoms with Crippen LogP contribution in [0.1, 0.15) is 11.1 Å². The first kappa shape index (κ1) is 15.5. The van der Waals surface area contributed by atoms with E-state index in [4.69, 9.17) is 5.73 Å². The second-order valence-corrected chi connectivity index (χ2v) is 5.45. The van der Waals surface area contributed by atoms with Crippen LogP contribution >= 0.6 is 15.9 Å². The Balaban J connectivity index is 1.83. The van der Waals surface area contributed by atoms with Crippen LogP contribution in [-0.2, 0) is 13.0 Å². The zero-order valence-electron chi connectivity index (χ0n) is 11.5. The van der Waals surface area contributed by atoms with Gasteiger partial charge in [-0.3, -0.25) is 0 Å². The SMILES string of the molecule is NC(=NCc1cc(F)ccc1Br)NCCc1ccccc1. The summed E-state index contributed by atoms with van der Waals surface area (Å²) in [7, 11) is 0. The Kier molecular flexibility index (Phi) is 5.75. The molecule has 0 atom stereocenters. The summed E-state index contributed by atoms with van der Waals surface area (Å²) >= 11 is 3.37. The summed E-state index contributed by atoms with van der Waals surface area (Å²) in [4.78, 5) is 4.21. The molecule has 0 spiro atoms. The Hall–Kier alpha value is -1.88. The minimum absolute atomic E-state index is 0.279. The fraction of sp³-hybridized carbons (Fsp3) is 0.188. The van der Waals surface area contributed by atoms with Gasteiger partial charge in [-0.2, -0.15) is 0 Å². The molecule has 0 radical (unpaired) electrons. The molecule has 0 saturated heterocycles. The van der Waals surface area contributed by atoms with Gasteiger partial charge in [-0.25, -0.2) is 9.38 Å². The van der Waals surface area contributed by atoms with Gasteiger partial charge in [0.1, 0.15) is 5.82 Å². The number of rotatable bonds is 5. The van der Waals surface area contributed by atoms with Crippen LogP contribution in [0.25, 0.3) is 0 Å². The summed E-state index contributed by atoms with van der Waals surface area (Å²) in [5.74, 6) is 0.0844. The summed E-state index contributed by atoms with van der Waals surface area (Å²) in [6, 6.07) is 14.7. The third-order valence-electron chi connectivity index (χ3n) is 2.99. The van der Waals surface area contributed by atoms with Gasteiger partial charge in [0.15, 0.2) is 5.96 Å². The second-order valence-electron chi connectivity index (χ2n) is 4.60. The molecule has 3 N–H and O–H groups in total. The maximum Gasteiger partial charge on any atom is 0.188 e. The molecule has 2 aromatic carbocycles. The zero-order chi connectivity index (χ0) is 15.1. The Morgan fingerprint density at radius 1 is 1.19 bits per heavy atom. The lowest BCUT2D eigenvalue weighted by atomic mass is 10.1. The van der Waals surface area contributed by atoms with Gasteiger partial charge in [-0.1, -0.05) is 46.3 Å². The van der Waals surface area contributed by atoms with E-state index in [0.29, 0.717) is 19.0 Å². The molecule has 2 rings (SSSR count). The summed E-state index contributed by atoms with van der Waals surface area (Å²) < 4.78 is 14.0. The molecule has 0 unspecified atom stereocenters. The summed E-state index contributed by atoms with van der Waals surface area (Å²) in [6.45, 7) is 1.05. The van der Waals surface area contributed by atoms with Gasteiger partial charge in [0.2, 0.25) is 0 Å². The van der Waals surface area contributed by atoms with Crippen molar-refractivity contribution in [1.82, 2.24) is 5.32 Å². The number of halogens is 2. The van der Waals surface area contributed by atoms with Crippen molar-refractivity contribution >= 4 is 21.9 Å². The van der Waals surface area contributed by atoms with Crippen molar-refractivity contribution in [3.05, 3.63) is 69.9 Å². The first-order valence-corrected chi connectivity index (χ1v) is 7.46. The van der Waals surface area contributed by atoms with Crippen LogP contribution in [0, 0.1) is 5.82 Å². The molecule has 0 fully saturated rings. The highest BCUT2D eigenvalue weighted by Gasteiger charge is 2.01. The highest BCUT2D eigenvalue weighted by Crippen LogP contribution is 2.18. The Morgan fingerprint density at radius 3 is 2.71 bits per heavy atom. The van der Waals surface area contributed by atoms with Crippen LogP contribution in [0.5, 0.6) is 0 Å². The largest absolute Gasteiger partial charge is 0.370 e. The minimum atomic E-state index is -0.279. The van der Waals surface area contributed by atoms with Crippen molar-refractivity contribution in [2.45, 2.75) is 13.0 Å². The highest BCUT2D eigenvalue weighted by atomic mass is 79.9. The monoisotopic (exact) mass is 349 g/mol. The molecule has 0 aliphatic heterocycles. The van der Waals surface area contributed by atoms with E-state index in [9.17, 15) is 4.39 Å². The lowest BCUT2D eigenvalue weighted by Crippen LogP contribution is -2.33. The molecule has 0 aliphatic carbocycles. The highest BCUT2D eigenvalue weighted by molar-refractivity contribution is 9.10. The number of hydrogen-bond acceptors (Lipinski definition) is 1. The van der Waals surface area contributed by atoms with E-state index in [1.54, 1.807) is 6.07 Å². The summed E-state index contributed by atoms with van der Waals surface area (Å²) in [5, 5.41) is 3.05. The second kappa shape index (κ2) is 7.78. The van der Waals surface area contributed by atoms with Crippen LogP contribution in [0.2, 0.25) is 0 Å². The van der Waals surface area contributed by atoms with Gasteiger partial charge in [0.05, 0.1) is 6.54 Å². The van der Waals surface area contributed by atoms with Crippen LogP contribution < -0.4 is 11.1 Å². The van der Waals surface area contributed by atoms with Crippen molar-refractivity contribution in [3.63, 3.8) is 0 Å². The zero-order valence-corrected chi connectivity index (χ0v) is 13.1. The van der Waals surface area contributed by atoms with E-state index in [1.807, 2.05) is 18.2 Å². The Morgan fingerprint density at radius 2 is 1.95 bits per heavy atom. The Bertz CT molecular complexity index is 614. The van der Waals surface area contributed by atoms with Crippen molar-refractivity contribution in [3.8, 4) is 0 Å². The van der Waals surface area contributed by atoms with E-state index >= 15 is 0 Å². The molecule has 110 valence electrons. The molecular formula is C16H17BrFN3. The van der Waals surface area contributed by atoms with Gasteiger partial charge in [-0.15, -0.1) is 0 Å². The van der Waals surface area contributed by atoms with Crippen molar-refractivity contribution in [2.24, 2.45) is 10.7 Å². The lowest BCUT2D eigenvalue weighted by Gasteiger charge is -2.06. The molecule has 0 saturated carbocycles. The normalized spacial score (nSPS) is 11.4. The van der Waals surface area contributed by atoms with Gasteiger partial charge in [0, 0.05) is 11.0 Å². The summed E-state index contributed by atoms with van der Waals surface area (Å²) in [5.41, 5.74) is 7.81. The van der Waals surface area contributed by atoms with Crippen LogP contribution in [0.4, 0.5) is 4.39 Å². The van der Waals surface area contributed by atoms with Crippen molar-refractivity contribution in [2.75, 3.05) is 6.54 Å². The lowest BCUT2D eigenvalue weighted by molar-refractivity contribution is 0.625. The van der Waals surface area contributed by atoms with Crippen molar-refractivity contribution < 1.29 is 4.39 Å². The van der Waals surface area contributed by atoms with Crippen LogP contribution in [0.3, 0.4) is 0 Å². The average Bonchev–Trinajstić information content (AvgIpc) is 2.49. The maximum atomic E-state index is 13.1. The molecule has 21 heavy (non-hydrogen) atoms. The number of nitrogens with one attached hydrogen (secondary N) is 1. The third kappa shape index (κ3) is 5.19. The van der Waals surface area contributed by atoms with E-state index in [-0.39, 0.29) is 5.82 Å². The third-order valence-corrected chi connectivity index (χ3v) is 3.76. The first-order valence-electron chi connectivity index (χ1n) is 6.67. The molecule has 0 aliphatic rings. The molecule has 5 heteroatoms. The molecule has 0 aromatic heterocycles. The molecular weight excluding hydrogens is 333 g/mol. The van der Waals surface area contributed by atoms with Gasteiger partial charge in [0.25, 0.3) is 0 Å². The van der Waals surface area contributed by atoms with Crippen LogP contribution in [0.15, 0.2) is 58.0 Å². The number of nitrogens with two attached hydrogens (primary N) is 1. The first-order chi connectivity index (χ1) is 10.1. The fourth-order valence-corrected chi connectivity index (χ4v) is 2.24. The predicted octanol–water partition coefficient (Wildman–Crippen LogP) is 3.24. The summed E-state index contributed by atoms with van der Waals surface area (Å²) in [6.07, 6.45) is 0.876. The minimum Gasteiger partial charge on any atom is -0.370 e. The van der Waals surface area contributed by atoms with Crippen LogP contribution in [-0.4, -0.2) is 12.5 Å². The topological polar surface area (TPSA) is 50.4 Å².